The van der Waals surface area contributed by atoms with E-state index < -0.39 is 0 Å². The smallest absolute Gasteiger partial charge is 0.210 e. The maximum atomic E-state index is 12.2. The third-order valence-corrected chi connectivity index (χ3v) is 5.65. The molecule has 0 amide bonds. The molecule has 0 spiro atoms. The maximum Gasteiger partial charge on any atom is 0.210 e. The molecule has 0 radical (unpaired) electrons. The molecule has 2 heterocycles. The van der Waals surface area contributed by atoms with E-state index in [1.165, 1.54) is 37.3 Å². The predicted octanol–water partition coefficient (Wildman–Crippen LogP) is 8.19. The van der Waals surface area contributed by atoms with Gasteiger partial charge >= 0.3 is 0 Å². The van der Waals surface area contributed by atoms with Gasteiger partial charge in [0.15, 0.2) is 0 Å². The minimum atomic E-state index is -0.169. The molecule has 0 saturated heterocycles. The number of nitrogens with two attached hydrogens (primary N) is 1. The van der Waals surface area contributed by atoms with Crippen molar-refractivity contribution in [2.75, 3.05) is 0 Å². The predicted molar refractivity (Wildman–Crippen MR) is 150 cm³/mol. The molecule has 0 bridgehead atoms. The largest absolute Gasteiger partial charge is 0.402 e. The number of nitrogens with one attached hydrogen (secondary N) is 2. The van der Waals surface area contributed by atoms with Crippen LogP contribution in [0.4, 0.5) is 0 Å². The van der Waals surface area contributed by atoms with Crippen LogP contribution in [-0.4, -0.2) is 20.7 Å². The number of Topliss-reactive ketones (excluding diaryl/α,β-unsaturated/α-hetero) is 1. The molecular weight excluding hydrogens is 456 g/mol. The highest BCUT2D eigenvalue weighted by molar-refractivity contribution is 6.31. The van der Waals surface area contributed by atoms with Gasteiger partial charge < -0.3 is 15.7 Å². The van der Waals surface area contributed by atoms with E-state index in [9.17, 15) is 4.79 Å². The number of imidazole rings is 1. The van der Waals surface area contributed by atoms with Crippen molar-refractivity contribution in [1.82, 2.24) is 15.0 Å². The second-order valence-electron chi connectivity index (χ2n) is 8.59. The van der Waals surface area contributed by atoms with Crippen LogP contribution >= 0.6 is 11.6 Å². The zero-order valence-corrected chi connectivity index (χ0v) is 22.2. The van der Waals surface area contributed by atoms with Gasteiger partial charge in [-0.15, -0.1) is 0 Å². The Kier molecular flexibility index (Phi) is 10.8. The Morgan fingerprint density at radius 3 is 2.31 bits per heavy atom. The van der Waals surface area contributed by atoms with E-state index >= 15 is 0 Å². The first-order chi connectivity index (χ1) is 16.7. The summed E-state index contributed by atoms with van der Waals surface area (Å²) in [5.74, 6) is 0.808. The lowest BCUT2D eigenvalue weighted by Gasteiger charge is -2.01. The number of allylic oxidation sites excluding steroid dienone is 3. The number of benzene rings is 2. The van der Waals surface area contributed by atoms with Crippen molar-refractivity contribution in [2.24, 2.45) is 5.73 Å². The van der Waals surface area contributed by atoms with Gasteiger partial charge in [-0.1, -0.05) is 69.9 Å². The molecule has 0 atom stereocenters. The van der Waals surface area contributed by atoms with Gasteiger partial charge in [-0.3, -0.25) is 4.79 Å². The van der Waals surface area contributed by atoms with Crippen molar-refractivity contribution in [3.05, 3.63) is 88.5 Å². The van der Waals surface area contributed by atoms with Crippen molar-refractivity contribution in [3.8, 4) is 0 Å². The first-order valence-corrected chi connectivity index (χ1v) is 12.4. The average Bonchev–Trinajstić information content (AvgIpc) is 3.40. The van der Waals surface area contributed by atoms with Gasteiger partial charge in [0.1, 0.15) is 5.82 Å². The molecule has 4 aromatic rings. The number of unbranched alkanes of at least 4 members (excludes halogenated alkanes) is 3. The molecule has 0 saturated carbocycles. The molecule has 0 fully saturated rings. The van der Waals surface area contributed by atoms with Crippen LogP contribution in [0.5, 0.6) is 0 Å². The molecule has 4 rings (SSSR count). The second-order valence-corrected chi connectivity index (χ2v) is 9.03. The van der Waals surface area contributed by atoms with E-state index in [0.29, 0.717) is 22.0 Å². The summed E-state index contributed by atoms with van der Waals surface area (Å²) in [5, 5.41) is 1.53. The molecule has 186 valence electrons. The number of hydrogen-bond donors (Lipinski definition) is 3. The third-order valence-electron chi connectivity index (χ3n) is 5.41. The molecule has 0 unspecified atom stereocenters. The number of fused-ring (bicyclic) bond motifs is 2. The Morgan fingerprint density at radius 2 is 1.71 bits per heavy atom. The van der Waals surface area contributed by atoms with Gasteiger partial charge in [0, 0.05) is 27.2 Å². The summed E-state index contributed by atoms with van der Waals surface area (Å²) in [6.45, 7) is 13.8. The highest BCUT2D eigenvalue weighted by atomic mass is 35.5. The molecule has 2 aromatic heterocycles. The molecule has 0 aliphatic heterocycles. The molecular formula is C29H37ClN4O. The van der Waals surface area contributed by atoms with Crippen molar-refractivity contribution >= 4 is 39.3 Å². The monoisotopic (exact) mass is 492 g/mol. The summed E-state index contributed by atoms with van der Waals surface area (Å²) in [7, 11) is 0. The molecule has 0 aliphatic carbocycles. The number of carbonyl (C=O) groups excluding carboxylic acids is 1. The normalized spacial score (nSPS) is 11.3. The zero-order chi connectivity index (χ0) is 26.0. The highest BCUT2D eigenvalue weighted by Gasteiger charge is 2.14. The van der Waals surface area contributed by atoms with Gasteiger partial charge in [-0.25, -0.2) is 4.98 Å². The van der Waals surface area contributed by atoms with Gasteiger partial charge in [0.2, 0.25) is 5.78 Å². The SMILES string of the molecule is C=C/C(C(=O)c1cc2cc(Cl)ccc2[nH]1)=C(\C)N.CCCCCC.Cc1ccc2nc(C)[nH]c2c1. The first kappa shape index (κ1) is 27.9. The molecule has 0 aliphatic rings. The topological polar surface area (TPSA) is 87.6 Å². The number of carbonyl (C=O) groups is 1. The lowest BCUT2D eigenvalue weighted by atomic mass is 10.1. The fraction of sp³-hybridized carbons (Fsp3) is 0.310. The Bertz CT molecular complexity index is 1300. The molecule has 5 nitrogen and oxygen atoms in total. The lowest BCUT2D eigenvalue weighted by molar-refractivity contribution is 0.103. The number of nitrogens with zero attached hydrogens (tertiary/aromatic N) is 1. The van der Waals surface area contributed by atoms with Crippen molar-refractivity contribution in [1.29, 1.82) is 0 Å². The average molecular weight is 493 g/mol. The fourth-order valence-electron chi connectivity index (χ4n) is 3.55. The minimum Gasteiger partial charge on any atom is -0.402 e. The Labute approximate surface area is 213 Å². The van der Waals surface area contributed by atoms with E-state index in [4.69, 9.17) is 17.3 Å². The standard InChI is InChI=1S/C14H13ClN2O.C9H10N2.C6H14/c1-3-11(8(2)16)14(18)13-7-9-6-10(15)4-5-12(9)17-13;1-6-3-4-8-9(5-6)11-7(2)10-8;1-3-5-6-4-2/h3-7,17H,1,16H2,2H3;3-5H,1-2H3,(H,10,11);3-6H2,1-2H3/b11-8-;;. The summed E-state index contributed by atoms with van der Waals surface area (Å²) >= 11 is 5.90. The summed E-state index contributed by atoms with van der Waals surface area (Å²) in [5.41, 5.74) is 11.3. The Hall–Kier alpha value is -3.31. The van der Waals surface area contributed by atoms with Gasteiger partial charge in [0.25, 0.3) is 0 Å². The number of aromatic amines is 2. The van der Waals surface area contributed by atoms with Gasteiger partial charge in [-0.2, -0.15) is 0 Å². The van der Waals surface area contributed by atoms with Gasteiger partial charge in [0.05, 0.1) is 16.7 Å². The number of halogens is 1. The van der Waals surface area contributed by atoms with Crippen LogP contribution in [0.15, 0.2) is 66.4 Å². The second kappa shape index (κ2) is 13.5. The van der Waals surface area contributed by atoms with Crippen LogP contribution in [0.25, 0.3) is 21.9 Å². The van der Waals surface area contributed by atoms with Crippen LogP contribution in [0, 0.1) is 13.8 Å². The molecule has 2 aromatic carbocycles. The van der Waals surface area contributed by atoms with Crippen LogP contribution in [-0.2, 0) is 0 Å². The Morgan fingerprint density at radius 1 is 1.03 bits per heavy atom. The van der Waals surface area contributed by atoms with Crippen LogP contribution < -0.4 is 5.73 Å². The van der Waals surface area contributed by atoms with Crippen molar-refractivity contribution in [3.63, 3.8) is 0 Å². The quantitative estimate of drug-likeness (QED) is 0.110. The zero-order valence-electron chi connectivity index (χ0n) is 21.5. The van der Waals surface area contributed by atoms with Crippen molar-refractivity contribution in [2.45, 2.75) is 60.3 Å². The summed E-state index contributed by atoms with van der Waals surface area (Å²) in [6, 6.07) is 13.4. The summed E-state index contributed by atoms with van der Waals surface area (Å²) in [6.07, 6.45) is 7.00. The lowest BCUT2D eigenvalue weighted by Crippen LogP contribution is -2.08. The van der Waals surface area contributed by atoms with Crippen LogP contribution in [0.1, 0.15) is 68.3 Å². The van der Waals surface area contributed by atoms with Crippen LogP contribution in [0.3, 0.4) is 0 Å². The van der Waals surface area contributed by atoms with Gasteiger partial charge in [-0.05, 0) is 62.7 Å². The molecule has 6 heteroatoms. The number of hydrogen-bond acceptors (Lipinski definition) is 3. The van der Waals surface area contributed by atoms with Crippen molar-refractivity contribution < 1.29 is 4.79 Å². The summed E-state index contributed by atoms with van der Waals surface area (Å²) < 4.78 is 0. The third kappa shape index (κ3) is 8.15. The first-order valence-electron chi connectivity index (χ1n) is 12.0. The number of H-pyrrole nitrogens is 2. The van der Waals surface area contributed by atoms with E-state index in [1.54, 1.807) is 25.1 Å². The van der Waals surface area contributed by atoms with E-state index in [-0.39, 0.29) is 5.78 Å². The fourth-order valence-corrected chi connectivity index (χ4v) is 3.74. The van der Waals surface area contributed by atoms with E-state index in [0.717, 1.165) is 27.8 Å². The summed E-state index contributed by atoms with van der Waals surface area (Å²) in [4.78, 5) is 22.7. The number of aryl methyl sites for hydroxylation is 2. The number of ketones is 1. The molecule has 35 heavy (non-hydrogen) atoms. The van der Waals surface area contributed by atoms with E-state index in [2.05, 4.69) is 54.4 Å². The Balaban J connectivity index is 0.000000215. The molecule has 4 N–H and O–H groups in total. The van der Waals surface area contributed by atoms with E-state index in [1.807, 2.05) is 19.1 Å². The highest BCUT2D eigenvalue weighted by Crippen LogP contribution is 2.22. The minimum absolute atomic E-state index is 0.169. The maximum absolute atomic E-state index is 12.2. The number of aromatic nitrogens is 3. The van der Waals surface area contributed by atoms with Crippen LogP contribution in [0.2, 0.25) is 5.02 Å². The number of rotatable bonds is 6.